The molecule has 1 unspecified atom stereocenters. The second kappa shape index (κ2) is 9.86. The molecule has 0 saturated heterocycles. The van der Waals surface area contributed by atoms with E-state index in [0.717, 1.165) is 11.3 Å². The molecule has 2 aromatic carbocycles. The van der Waals surface area contributed by atoms with E-state index in [4.69, 9.17) is 0 Å². The minimum Gasteiger partial charge on any atom is -0.434 e. The average Bonchev–Trinajstić information content (AvgIpc) is 2.70. The quantitative estimate of drug-likeness (QED) is 0.490. The molecule has 6 nitrogen and oxygen atoms in total. The van der Waals surface area contributed by atoms with E-state index in [1.807, 2.05) is 31.2 Å². The van der Waals surface area contributed by atoms with Gasteiger partial charge in [-0.3, -0.25) is 4.79 Å². The maximum absolute atomic E-state index is 12.6. The molecule has 0 saturated carbocycles. The van der Waals surface area contributed by atoms with Crippen molar-refractivity contribution < 1.29 is 18.3 Å². The van der Waals surface area contributed by atoms with Crippen molar-refractivity contribution in [2.75, 3.05) is 18.4 Å². The Morgan fingerprint density at radius 2 is 1.97 bits per heavy atom. The molecule has 3 N–H and O–H groups in total. The van der Waals surface area contributed by atoms with Gasteiger partial charge in [-0.25, -0.2) is 4.99 Å². The molecule has 8 heteroatoms. The number of hydrogen-bond donors (Lipinski definition) is 3. The fraction of sp³-hybridized carbons (Fsp3) is 0.333. The molecule has 0 fully saturated rings. The number of carbonyl (C=O) groups is 1. The molecule has 0 aromatic heterocycles. The lowest BCUT2D eigenvalue weighted by atomic mass is 9.90. The van der Waals surface area contributed by atoms with Gasteiger partial charge in [0.2, 0.25) is 5.91 Å². The standard InChI is InChI=1S/C21H24F2N4O2/c1-2-24-21(25-12-14-7-3-6-10-18(14)29-20(22)23)26-13-15-11-19(28)27-17-9-5-4-8-16(15)17/h3-10,15,20H,2,11-13H2,1H3,(H,27,28)(H2,24,25,26). The van der Waals surface area contributed by atoms with Crippen molar-refractivity contribution in [1.29, 1.82) is 0 Å². The van der Waals surface area contributed by atoms with Gasteiger partial charge >= 0.3 is 6.61 Å². The molecular formula is C21H24F2N4O2. The van der Waals surface area contributed by atoms with E-state index in [1.54, 1.807) is 18.2 Å². The van der Waals surface area contributed by atoms with Crippen molar-refractivity contribution in [3.8, 4) is 5.75 Å². The Morgan fingerprint density at radius 1 is 1.21 bits per heavy atom. The number of ether oxygens (including phenoxy) is 1. The van der Waals surface area contributed by atoms with Crippen molar-refractivity contribution in [1.82, 2.24) is 10.6 Å². The van der Waals surface area contributed by atoms with Gasteiger partial charge in [-0.15, -0.1) is 0 Å². The van der Waals surface area contributed by atoms with Crippen LogP contribution in [0, 0.1) is 0 Å². The normalized spacial score (nSPS) is 16.2. The summed E-state index contributed by atoms with van der Waals surface area (Å²) < 4.78 is 29.7. The van der Waals surface area contributed by atoms with Crippen LogP contribution in [-0.2, 0) is 11.3 Å². The predicted molar refractivity (Wildman–Crippen MR) is 108 cm³/mol. The van der Waals surface area contributed by atoms with Crippen LogP contribution in [0.1, 0.15) is 30.4 Å². The number of halogens is 2. The van der Waals surface area contributed by atoms with Gasteiger partial charge in [0.1, 0.15) is 5.75 Å². The molecular weight excluding hydrogens is 378 g/mol. The first-order valence-electron chi connectivity index (χ1n) is 9.50. The van der Waals surface area contributed by atoms with E-state index >= 15 is 0 Å². The molecule has 1 amide bonds. The summed E-state index contributed by atoms with van der Waals surface area (Å²) in [6, 6.07) is 14.3. The average molecular weight is 402 g/mol. The molecule has 1 aliphatic heterocycles. The summed E-state index contributed by atoms with van der Waals surface area (Å²) in [6.07, 6.45) is 0.383. The van der Waals surface area contributed by atoms with E-state index in [9.17, 15) is 13.6 Å². The van der Waals surface area contributed by atoms with Crippen LogP contribution in [0.5, 0.6) is 5.75 Å². The van der Waals surface area contributed by atoms with Gasteiger partial charge in [0.25, 0.3) is 0 Å². The minimum atomic E-state index is -2.89. The number of alkyl halides is 2. The lowest BCUT2D eigenvalue weighted by Crippen LogP contribution is -2.40. The van der Waals surface area contributed by atoms with Crippen molar-refractivity contribution in [3.63, 3.8) is 0 Å². The summed E-state index contributed by atoms with van der Waals surface area (Å²) >= 11 is 0. The third-order valence-corrected chi connectivity index (χ3v) is 4.56. The summed E-state index contributed by atoms with van der Waals surface area (Å²) in [5, 5.41) is 9.27. The maximum atomic E-state index is 12.6. The third kappa shape index (κ3) is 5.66. The molecule has 0 aliphatic carbocycles. The minimum absolute atomic E-state index is 0.0123. The van der Waals surface area contributed by atoms with Crippen LogP contribution >= 0.6 is 0 Å². The topological polar surface area (TPSA) is 74.8 Å². The number of anilines is 1. The number of nitrogens with zero attached hydrogens (tertiary/aromatic N) is 1. The number of benzene rings is 2. The maximum Gasteiger partial charge on any atom is 0.387 e. The fourth-order valence-electron chi connectivity index (χ4n) is 3.26. The molecule has 154 valence electrons. The Bertz CT molecular complexity index is 873. The van der Waals surface area contributed by atoms with E-state index < -0.39 is 6.61 Å². The number of nitrogens with one attached hydrogen (secondary N) is 3. The number of hydrogen-bond acceptors (Lipinski definition) is 3. The monoisotopic (exact) mass is 402 g/mol. The lowest BCUT2D eigenvalue weighted by Gasteiger charge is -2.26. The van der Waals surface area contributed by atoms with Gasteiger partial charge in [-0.2, -0.15) is 8.78 Å². The molecule has 1 heterocycles. The Hall–Kier alpha value is -3.16. The summed E-state index contributed by atoms with van der Waals surface area (Å²) in [5.41, 5.74) is 2.47. The van der Waals surface area contributed by atoms with Crippen LogP contribution in [0.4, 0.5) is 14.5 Å². The zero-order valence-electron chi connectivity index (χ0n) is 16.1. The summed E-state index contributed by atoms with van der Waals surface area (Å²) in [5.74, 6) is 0.650. The number of para-hydroxylation sites is 2. The van der Waals surface area contributed by atoms with Crippen LogP contribution in [0.3, 0.4) is 0 Å². The zero-order valence-corrected chi connectivity index (χ0v) is 16.1. The second-order valence-corrected chi connectivity index (χ2v) is 6.60. The first kappa shape index (κ1) is 20.6. The van der Waals surface area contributed by atoms with Crippen LogP contribution in [-0.4, -0.2) is 31.6 Å². The van der Waals surface area contributed by atoms with Gasteiger partial charge in [0.15, 0.2) is 5.96 Å². The fourth-order valence-corrected chi connectivity index (χ4v) is 3.26. The molecule has 2 aromatic rings. The molecule has 0 radical (unpaired) electrons. The van der Waals surface area contributed by atoms with Crippen LogP contribution in [0.15, 0.2) is 53.5 Å². The van der Waals surface area contributed by atoms with Crippen LogP contribution in [0.2, 0.25) is 0 Å². The number of carbonyl (C=O) groups excluding carboxylic acids is 1. The number of amides is 1. The first-order valence-corrected chi connectivity index (χ1v) is 9.50. The predicted octanol–water partition coefficient (Wildman–Crippen LogP) is 3.47. The highest BCUT2D eigenvalue weighted by Gasteiger charge is 2.24. The molecule has 1 aliphatic rings. The first-order chi connectivity index (χ1) is 14.1. The van der Waals surface area contributed by atoms with E-state index in [2.05, 4.69) is 25.7 Å². The summed E-state index contributed by atoms with van der Waals surface area (Å²) in [4.78, 5) is 16.5. The van der Waals surface area contributed by atoms with Gasteiger partial charge in [-0.1, -0.05) is 36.4 Å². The van der Waals surface area contributed by atoms with Gasteiger partial charge in [0.05, 0.1) is 6.54 Å². The highest BCUT2D eigenvalue weighted by Crippen LogP contribution is 2.31. The highest BCUT2D eigenvalue weighted by atomic mass is 19.3. The second-order valence-electron chi connectivity index (χ2n) is 6.60. The number of rotatable bonds is 7. The van der Waals surface area contributed by atoms with Gasteiger partial charge in [-0.05, 0) is 24.6 Å². The van der Waals surface area contributed by atoms with Gasteiger partial charge < -0.3 is 20.7 Å². The Labute approximate surface area is 168 Å². The smallest absolute Gasteiger partial charge is 0.387 e. The lowest BCUT2D eigenvalue weighted by molar-refractivity contribution is -0.116. The Morgan fingerprint density at radius 3 is 2.76 bits per heavy atom. The Kier molecular flexibility index (Phi) is 6.99. The molecule has 0 spiro atoms. The number of aliphatic imine (C=N–C) groups is 1. The van der Waals surface area contributed by atoms with Crippen molar-refractivity contribution >= 4 is 17.6 Å². The number of guanidine groups is 1. The third-order valence-electron chi connectivity index (χ3n) is 4.56. The van der Waals surface area contributed by atoms with Crippen LogP contribution in [0.25, 0.3) is 0 Å². The van der Waals surface area contributed by atoms with E-state index in [1.165, 1.54) is 6.07 Å². The zero-order chi connectivity index (χ0) is 20.6. The van der Waals surface area contributed by atoms with Crippen molar-refractivity contribution in [3.05, 3.63) is 59.7 Å². The molecule has 3 rings (SSSR count). The SMILES string of the molecule is CCNC(=NCc1ccccc1OC(F)F)NCC1CC(=O)Nc2ccccc21. The highest BCUT2D eigenvalue weighted by molar-refractivity contribution is 5.94. The van der Waals surface area contributed by atoms with Crippen molar-refractivity contribution in [2.24, 2.45) is 4.99 Å². The largest absolute Gasteiger partial charge is 0.434 e. The molecule has 1 atom stereocenters. The number of fused-ring (bicyclic) bond motifs is 1. The Balaban J connectivity index is 1.69. The van der Waals surface area contributed by atoms with Crippen molar-refractivity contribution in [2.45, 2.75) is 32.4 Å². The van der Waals surface area contributed by atoms with E-state index in [0.29, 0.717) is 31.0 Å². The van der Waals surface area contributed by atoms with Crippen LogP contribution < -0.4 is 20.7 Å². The molecule has 0 bridgehead atoms. The summed E-state index contributed by atoms with van der Waals surface area (Å²) in [6.45, 7) is 0.395. The van der Waals surface area contributed by atoms with E-state index in [-0.39, 0.29) is 24.1 Å². The molecule has 29 heavy (non-hydrogen) atoms. The van der Waals surface area contributed by atoms with Gasteiger partial charge in [0, 0.05) is 36.7 Å². The summed E-state index contributed by atoms with van der Waals surface area (Å²) in [7, 11) is 0.